The molecule has 0 amide bonds. The summed E-state index contributed by atoms with van der Waals surface area (Å²) in [6.07, 6.45) is -1.83. The average Bonchev–Trinajstić information content (AvgIpc) is 1.50. The number of hydrogen-bond donors (Lipinski definition) is 4. The van der Waals surface area contributed by atoms with Gasteiger partial charge in [-0.15, -0.1) is 12.4 Å². The predicted octanol–water partition coefficient (Wildman–Crippen LogP) is -0.248. The fourth-order valence-corrected chi connectivity index (χ4v) is 0. The summed E-state index contributed by atoms with van der Waals surface area (Å²) in [5.41, 5.74) is 0. The normalized spacial score (nSPS) is 7.57. The maximum atomic E-state index is 8.74. The second-order valence-corrected chi connectivity index (χ2v) is 1.85. The largest absolute Gasteiger partial charge is 0.503 e. The van der Waals surface area contributed by atoms with Gasteiger partial charge in [-0.25, -0.2) is 4.79 Å². The minimum absolute atomic E-state index is 0. The summed E-state index contributed by atoms with van der Waals surface area (Å²) in [5, 5.41) is 28.7. The summed E-state index contributed by atoms with van der Waals surface area (Å²) in [7, 11) is -4.67. The zero-order chi connectivity index (χ0) is 11.7. The van der Waals surface area contributed by atoms with Gasteiger partial charge in [0.1, 0.15) is 0 Å². The van der Waals surface area contributed by atoms with Gasteiger partial charge >= 0.3 is 16.6 Å². The van der Waals surface area contributed by atoms with Gasteiger partial charge < -0.3 is 25.5 Å². The highest BCUT2D eigenvalue weighted by atomic mass is 35.5. The Labute approximate surface area is 82.7 Å². The molecule has 0 aliphatic carbocycles. The van der Waals surface area contributed by atoms with Crippen LogP contribution in [0.5, 0.6) is 0 Å². The van der Waals surface area contributed by atoms with Crippen molar-refractivity contribution in [3.05, 3.63) is 15.3 Å². The van der Waals surface area contributed by atoms with E-state index >= 15 is 0 Å². The number of rotatable bonds is 0. The van der Waals surface area contributed by atoms with Gasteiger partial charge in [0.25, 0.3) is 0 Å². The monoisotopic (exact) mass is 258 g/mol. The van der Waals surface area contributed by atoms with Crippen LogP contribution < -0.4 is 0 Å². The number of nitrogens with zero attached hydrogens (tertiary/aromatic N) is 1. The number of hydrogen-bond acceptors (Lipinski definition) is 6. The van der Waals surface area contributed by atoms with Crippen molar-refractivity contribution in [1.29, 1.82) is 0 Å². The Morgan fingerprint density at radius 1 is 1.14 bits per heavy atom. The summed E-state index contributed by atoms with van der Waals surface area (Å²) in [5.74, 6) is 0. The Kier molecular flexibility index (Phi) is 19.1. The summed E-state index contributed by atoms with van der Waals surface area (Å²) in [6.45, 7) is 0. The molecule has 0 fully saturated rings. The number of carboxylic acid groups (broad SMARTS) is 2. The molecule has 4 N–H and O–H groups in total. The van der Waals surface area contributed by atoms with E-state index < -0.39 is 21.6 Å². The highest BCUT2D eigenvalue weighted by Gasteiger charge is 1.84. The van der Waals surface area contributed by atoms with Crippen LogP contribution in [0.15, 0.2) is 0 Å². The topological polar surface area (TPSA) is 198 Å². The Morgan fingerprint density at radius 2 is 1.14 bits per heavy atom. The fraction of sp³-hybridized carbons (Fsp3) is 0. The van der Waals surface area contributed by atoms with E-state index in [1.807, 2.05) is 0 Å². The molecule has 0 atom stereocenters. The molecule has 0 spiro atoms. The third-order valence-electron chi connectivity index (χ3n) is 0. The Hall–Kier alpha value is -1.37. The number of halogens is 1. The van der Waals surface area contributed by atoms with Crippen molar-refractivity contribution in [2.45, 2.75) is 0 Å². The van der Waals surface area contributed by atoms with Crippen LogP contribution in [0.2, 0.25) is 0 Å². The Morgan fingerprint density at radius 3 is 1.14 bits per heavy atom. The molecule has 0 radical (unpaired) electrons. The van der Waals surface area contributed by atoms with Crippen LogP contribution in [0, 0.1) is 15.3 Å². The van der Waals surface area contributed by atoms with E-state index in [0.717, 1.165) is 0 Å². The lowest BCUT2D eigenvalue weighted by molar-refractivity contribution is -0.402. The van der Waals surface area contributed by atoms with Gasteiger partial charge in [-0.3, -0.25) is 9.11 Å². The minimum atomic E-state index is -4.67. The van der Waals surface area contributed by atoms with E-state index in [9.17, 15) is 0 Å². The molecule has 0 aliphatic rings. The first-order valence-electron chi connectivity index (χ1n) is 1.90. The Balaban J connectivity index is -0.0000000522. The highest BCUT2D eigenvalue weighted by molar-refractivity contribution is 7.79. The second kappa shape index (κ2) is 11.6. The van der Waals surface area contributed by atoms with Gasteiger partial charge in [0.2, 0.25) is 0 Å². The lowest BCUT2D eigenvalue weighted by Crippen LogP contribution is -1.89. The van der Waals surface area contributed by atoms with Crippen molar-refractivity contribution in [2.24, 2.45) is 0 Å². The maximum absolute atomic E-state index is 8.74. The van der Waals surface area contributed by atoms with Crippen molar-refractivity contribution in [3.63, 3.8) is 0 Å². The summed E-state index contributed by atoms with van der Waals surface area (Å²) in [4.78, 5) is 16.8. The molecule has 0 unspecified atom stereocenters. The van der Waals surface area contributed by atoms with Gasteiger partial charge in [-0.1, -0.05) is 0 Å². The fourth-order valence-electron chi connectivity index (χ4n) is 0. The molecular formula is CH5ClNO10S-. The molecular weight excluding hydrogens is 254 g/mol. The van der Waals surface area contributed by atoms with Crippen LogP contribution in [0.3, 0.4) is 0 Å². The van der Waals surface area contributed by atoms with E-state index in [4.69, 9.17) is 47.9 Å². The quantitative estimate of drug-likeness (QED) is 0.255. The van der Waals surface area contributed by atoms with E-state index in [1.165, 1.54) is 0 Å². The third-order valence-corrected chi connectivity index (χ3v) is 0. The molecule has 0 heterocycles. The Bertz CT molecular complexity index is 215. The standard InChI is InChI=1S/CH2O3.ClH.NO3.H2O4S/c2-1(3)4;;2-1(3)4;1-5(2,3)4/h(H2,2,3,4);1H;;(H2,1,2,3,4)/q;;-1;. The zero-order valence-corrected chi connectivity index (χ0v) is 7.64. The van der Waals surface area contributed by atoms with Crippen molar-refractivity contribution in [2.75, 3.05) is 0 Å². The van der Waals surface area contributed by atoms with Crippen LogP contribution in [0.1, 0.15) is 0 Å². The first-order valence-corrected chi connectivity index (χ1v) is 3.29. The second-order valence-electron chi connectivity index (χ2n) is 0.954. The molecule has 0 aromatic rings. The predicted molar refractivity (Wildman–Crippen MR) is 42.4 cm³/mol. The zero-order valence-electron chi connectivity index (χ0n) is 6.00. The van der Waals surface area contributed by atoms with Crippen LogP contribution >= 0.6 is 12.4 Å². The van der Waals surface area contributed by atoms with Gasteiger partial charge in [0.05, 0.1) is 5.09 Å². The van der Waals surface area contributed by atoms with E-state index in [2.05, 4.69) is 0 Å². The SMILES string of the molecule is Cl.O=C(O)O.O=S(=O)(O)O.O=[N+]([O-])[O-]. The van der Waals surface area contributed by atoms with Crippen LogP contribution in [-0.4, -0.2) is 39.0 Å². The summed E-state index contributed by atoms with van der Waals surface area (Å²) < 4.78 is 31.6. The molecule has 13 heteroatoms. The minimum Gasteiger partial charge on any atom is -0.450 e. The van der Waals surface area contributed by atoms with Crippen LogP contribution in [-0.2, 0) is 10.4 Å². The first kappa shape index (κ1) is 22.9. The van der Waals surface area contributed by atoms with Crippen molar-refractivity contribution in [1.82, 2.24) is 0 Å². The van der Waals surface area contributed by atoms with Crippen LogP contribution in [0.25, 0.3) is 0 Å². The lowest BCUT2D eigenvalue weighted by Gasteiger charge is -1.74. The summed E-state index contributed by atoms with van der Waals surface area (Å²) in [6, 6.07) is 0. The molecule has 0 aromatic carbocycles. The molecule has 11 nitrogen and oxygen atoms in total. The van der Waals surface area contributed by atoms with E-state index in [1.54, 1.807) is 0 Å². The molecule has 0 aliphatic heterocycles. The maximum Gasteiger partial charge on any atom is 0.503 e. The molecule has 0 saturated heterocycles. The molecule has 0 aromatic heterocycles. The van der Waals surface area contributed by atoms with Gasteiger partial charge in [0, 0.05) is 0 Å². The third kappa shape index (κ3) is 525. The van der Waals surface area contributed by atoms with Gasteiger partial charge in [-0.05, 0) is 0 Å². The molecule has 88 valence electrons. The van der Waals surface area contributed by atoms with Crippen LogP contribution in [0.4, 0.5) is 4.79 Å². The van der Waals surface area contributed by atoms with Gasteiger partial charge in [0.15, 0.2) is 0 Å². The molecule has 0 bridgehead atoms. The summed E-state index contributed by atoms with van der Waals surface area (Å²) >= 11 is 0. The van der Waals surface area contributed by atoms with Crippen molar-refractivity contribution < 1.29 is 37.6 Å². The average molecular weight is 259 g/mol. The molecule has 14 heavy (non-hydrogen) atoms. The smallest absolute Gasteiger partial charge is 0.450 e. The van der Waals surface area contributed by atoms with Gasteiger partial charge in [-0.2, -0.15) is 8.42 Å². The van der Waals surface area contributed by atoms with E-state index in [-0.39, 0.29) is 12.4 Å². The van der Waals surface area contributed by atoms with Crippen molar-refractivity contribution in [3.8, 4) is 0 Å². The molecule has 0 saturated carbocycles. The van der Waals surface area contributed by atoms with Crippen molar-refractivity contribution >= 4 is 29.0 Å². The number of carbonyl (C=O) groups is 1. The first-order chi connectivity index (χ1) is 5.46. The lowest BCUT2D eigenvalue weighted by atomic mass is 11.5. The van der Waals surface area contributed by atoms with E-state index in [0.29, 0.717) is 0 Å². The molecule has 0 rings (SSSR count). The highest BCUT2D eigenvalue weighted by Crippen LogP contribution is 1.59.